The molecule has 3 aliphatic rings. The molecule has 2 aliphatic heterocycles. The predicted octanol–water partition coefficient (Wildman–Crippen LogP) is 4.20. The van der Waals surface area contributed by atoms with Crippen LogP contribution in [-0.4, -0.2) is 46.8 Å². The summed E-state index contributed by atoms with van der Waals surface area (Å²) in [6.07, 6.45) is 9.40. The Kier molecular flexibility index (Phi) is 5.80. The maximum Gasteiger partial charge on any atom is 0.233 e. The van der Waals surface area contributed by atoms with Crippen molar-refractivity contribution in [3.05, 3.63) is 35.9 Å². The summed E-state index contributed by atoms with van der Waals surface area (Å²) in [7, 11) is 0. The van der Waals surface area contributed by atoms with Crippen molar-refractivity contribution in [3.63, 3.8) is 0 Å². The molecule has 1 saturated carbocycles. The van der Waals surface area contributed by atoms with E-state index in [4.69, 9.17) is 4.74 Å². The molecule has 28 heavy (non-hydrogen) atoms. The van der Waals surface area contributed by atoms with Crippen LogP contribution in [0, 0.1) is 0 Å². The average Bonchev–Trinajstić information content (AvgIpc) is 2.74. The van der Waals surface area contributed by atoms with Crippen LogP contribution in [0.25, 0.3) is 0 Å². The van der Waals surface area contributed by atoms with Gasteiger partial charge in [-0.25, -0.2) is 0 Å². The van der Waals surface area contributed by atoms with Gasteiger partial charge in [0.15, 0.2) is 0 Å². The molecule has 3 fully saturated rings. The van der Waals surface area contributed by atoms with Crippen molar-refractivity contribution >= 4 is 5.91 Å². The van der Waals surface area contributed by atoms with E-state index in [1.807, 2.05) is 6.07 Å². The van der Waals surface area contributed by atoms with E-state index < -0.39 is 0 Å². The number of piperidine rings is 1. The summed E-state index contributed by atoms with van der Waals surface area (Å²) < 4.78 is 6.42. The van der Waals surface area contributed by atoms with Crippen LogP contribution in [0.3, 0.4) is 0 Å². The zero-order valence-corrected chi connectivity index (χ0v) is 17.2. The molecule has 0 unspecified atom stereocenters. The first-order valence-electron chi connectivity index (χ1n) is 11.3. The molecule has 2 saturated heterocycles. The third-order valence-electron chi connectivity index (χ3n) is 7.42. The average molecular weight is 386 g/mol. The standard InChI is InChI=1S/C24H35NO3/c1-2-21-17-20(26)18-23(28-21)13-15-25(16-14-23)22(27)24(11-7-4-8-12-24)19-9-5-3-6-10-19/h3,5-6,9-10,20-21,26H,2,4,7-8,11-18H2,1H3/t20-,21+/m1/s1. The lowest BCUT2D eigenvalue weighted by Crippen LogP contribution is -2.57. The molecule has 1 aromatic carbocycles. The van der Waals surface area contributed by atoms with Gasteiger partial charge in [-0.15, -0.1) is 0 Å². The van der Waals surface area contributed by atoms with Gasteiger partial charge in [0.1, 0.15) is 0 Å². The highest BCUT2D eigenvalue weighted by molar-refractivity contribution is 5.88. The van der Waals surface area contributed by atoms with Crippen molar-refractivity contribution in [2.45, 2.75) is 94.4 Å². The Bertz CT molecular complexity index is 660. The molecule has 1 aromatic rings. The van der Waals surface area contributed by atoms with Gasteiger partial charge in [0, 0.05) is 19.5 Å². The normalized spacial score (nSPS) is 29.6. The maximum atomic E-state index is 13.8. The Morgan fingerprint density at radius 1 is 1.11 bits per heavy atom. The number of carbonyl (C=O) groups excluding carboxylic acids is 1. The SMILES string of the molecule is CC[C@H]1C[C@@H](O)CC2(CCN(C(=O)C3(c4ccccc4)CCCCC3)CC2)O1. The Labute approximate surface area is 169 Å². The topological polar surface area (TPSA) is 49.8 Å². The van der Waals surface area contributed by atoms with Crippen molar-refractivity contribution in [1.29, 1.82) is 0 Å². The molecule has 0 bridgehead atoms. The van der Waals surface area contributed by atoms with Gasteiger partial charge >= 0.3 is 0 Å². The van der Waals surface area contributed by atoms with Gasteiger partial charge in [0.2, 0.25) is 5.91 Å². The number of rotatable bonds is 3. The van der Waals surface area contributed by atoms with E-state index in [2.05, 4.69) is 36.1 Å². The van der Waals surface area contributed by atoms with E-state index in [0.29, 0.717) is 5.91 Å². The van der Waals surface area contributed by atoms with E-state index in [1.165, 1.54) is 12.0 Å². The number of hydrogen-bond donors (Lipinski definition) is 1. The second-order valence-electron chi connectivity index (χ2n) is 9.23. The summed E-state index contributed by atoms with van der Waals surface area (Å²) in [5.41, 5.74) is 0.611. The molecule has 4 rings (SSSR count). The third-order valence-corrected chi connectivity index (χ3v) is 7.42. The summed E-state index contributed by atoms with van der Waals surface area (Å²) in [5, 5.41) is 10.3. The number of aliphatic hydroxyl groups is 1. The molecule has 0 radical (unpaired) electrons. The quantitative estimate of drug-likeness (QED) is 0.848. The van der Waals surface area contributed by atoms with Crippen LogP contribution in [0.2, 0.25) is 0 Å². The highest BCUT2D eigenvalue weighted by Crippen LogP contribution is 2.43. The minimum Gasteiger partial charge on any atom is -0.393 e. The number of benzene rings is 1. The van der Waals surface area contributed by atoms with E-state index in [-0.39, 0.29) is 23.2 Å². The van der Waals surface area contributed by atoms with Crippen molar-refractivity contribution in [1.82, 2.24) is 4.90 Å². The number of hydrogen-bond acceptors (Lipinski definition) is 3. The molecule has 2 atom stereocenters. The fourth-order valence-corrected chi connectivity index (χ4v) is 5.80. The molecule has 4 nitrogen and oxygen atoms in total. The molecule has 1 aliphatic carbocycles. The molecule has 1 spiro atoms. The van der Waals surface area contributed by atoms with Gasteiger partial charge in [0.05, 0.1) is 23.2 Å². The van der Waals surface area contributed by atoms with Crippen LogP contribution >= 0.6 is 0 Å². The Balaban J connectivity index is 1.49. The van der Waals surface area contributed by atoms with Crippen LogP contribution in [0.4, 0.5) is 0 Å². The minimum atomic E-state index is -0.344. The van der Waals surface area contributed by atoms with Gasteiger partial charge in [-0.1, -0.05) is 56.5 Å². The van der Waals surface area contributed by atoms with Crippen LogP contribution in [0.1, 0.15) is 76.7 Å². The van der Waals surface area contributed by atoms with E-state index in [0.717, 1.165) is 70.9 Å². The second kappa shape index (κ2) is 8.16. The molecular weight excluding hydrogens is 350 g/mol. The largest absolute Gasteiger partial charge is 0.393 e. The second-order valence-corrected chi connectivity index (χ2v) is 9.23. The van der Waals surface area contributed by atoms with Crippen molar-refractivity contribution < 1.29 is 14.6 Å². The first kappa shape index (κ1) is 19.9. The molecule has 2 heterocycles. The third kappa shape index (κ3) is 3.73. The van der Waals surface area contributed by atoms with Gasteiger partial charge in [-0.05, 0) is 44.1 Å². The first-order valence-corrected chi connectivity index (χ1v) is 11.3. The number of nitrogens with zero attached hydrogens (tertiary/aromatic N) is 1. The Hall–Kier alpha value is -1.39. The number of carbonyl (C=O) groups is 1. The molecule has 4 heteroatoms. The monoisotopic (exact) mass is 385 g/mol. The van der Waals surface area contributed by atoms with E-state index >= 15 is 0 Å². The Morgan fingerprint density at radius 3 is 2.43 bits per heavy atom. The zero-order valence-electron chi connectivity index (χ0n) is 17.2. The summed E-state index contributed by atoms with van der Waals surface area (Å²) >= 11 is 0. The minimum absolute atomic E-state index is 0.153. The zero-order chi connectivity index (χ0) is 19.6. The summed E-state index contributed by atoms with van der Waals surface area (Å²) in [6.45, 7) is 3.62. The van der Waals surface area contributed by atoms with Gasteiger partial charge < -0.3 is 14.7 Å². The maximum absolute atomic E-state index is 13.8. The highest BCUT2D eigenvalue weighted by atomic mass is 16.5. The van der Waals surface area contributed by atoms with Gasteiger partial charge in [-0.3, -0.25) is 4.79 Å². The van der Waals surface area contributed by atoms with Crippen molar-refractivity contribution in [2.75, 3.05) is 13.1 Å². The lowest BCUT2D eigenvalue weighted by atomic mass is 9.68. The van der Waals surface area contributed by atoms with Gasteiger partial charge in [0.25, 0.3) is 0 Å². The smallest absolute Gasteiger partial charge is 0.233 e. The predicted molar refractivity (Wildman–Crippen MR) is 110 cm³/mol. The number of aliphatic hydroxyl groups excluding tert-OH is 1. The molecule has 1 N–H and O–H groups in total. The highest BCUT2D eigenvalue weighted by Gasteiger charge is 2.48. The van der Waals surface area contributed by atoms with E-state index in [1.54, 1.807) is 0 Å². The molecule has 1 amide bonds. The van der Waals surface area contributed by atoms with Crippen molar-refractivity contribution in [3.8, 4) is 0 Å². The van der Waals surface area contributed by atoms with Crippen molar-refractivity contribution in [2.24, 2.45) is 0 Å². The van der Waals surface area contributed by atoms with Crippen LogP contribution < -0.4 is 0 Å². The lowest BCUT2D eigenvalue weighted by Gasteiger charge is -2.49. The summed E-state index contributed by atoms with van der Waals surface area (Å²) in [5.74, 6) is 0.316. The number of amides is 1. The van der Waals surface area contributed by atoms with Crippen LogP contribution in [-0.2, 0) is 14.9 Å². The molecule has 0 aromatic heterocycles. The summed E-state index contributed by atoms with van der Waals surface area (Å²) in [4.78, 5) is 15.9. The van der Waals surface area contributed by atoms with E-state index in [9.17, 15) is 9.90 Å². The molecular formula is C24H35NO3. The first-order chi connectivity index (χ1) is 13.6. The fourth-order valence-electron chi connectivity index (χ4n) is 5.80. The van der Waals surface area contributed by atoms with Crippen LogP contribution in [0.5, 0.6) is 0 Å². The number of ether oxygens (including phenoxy) is 1. The Morgan fingerprint density at radius 2 is 1.79 bits per heavy atom. The van der Waals surface area contributed by atoms with Crippen LogP contribution in [0.15, 0.2) is 30.3 Å². The number of likely N-dealkylation sites (tertiary alicyclic amines) is 1. The fraction of sp³-hybridized carbons (Fsp3) is 0.708. The van der Waals surface area contributed by atoms with Gasteiger partial charge in [-0.2, -0.15) is 0 Å². The molecule has 154 valence electrons. The summed E-state index contributed by atoms with van der Waals surface area (Å²) in [6, 6.07) is 10.4. The lowest BCUT2D eigenvalue weighted by molar-refractivity contribution is -0.185.